The van der Waals surface area contributed by atoms with Crippen LogP contribution in [0.1, 0.15) is 23.0 Å². The lowest BCUT2D eigenvalue weighted by Gasteiger charge is -2.11. The quantitative estimate of drug-likeness (QED) is 0.777. The molecule has 5 nitrogen and oxygen atoms in total. The van der Waals surface area contributed by atoms with Gasteiger partial charge in [0.2, 0.25) is 0 Å². The van der Waals surface area contributed by atoms with Gasteiger partial charge in [0, 0.05) is 6.07 Å². The van der Waals surface area contributed by atoms with E-state index in [-0.39, 0.29) is 5.91 Å². The maximum absolute atomic E-state index is 12.7. The highest BCUT2D eigenvalue weighted by atomic mass is 16.5. The third-order valence-electron chi connectivity index (χ3n) is 3.51. The molecule has 0 saturated carbocycles. The molecule has 0 unspecified atom stereocenters. The number of hydrogen-bond acceptors (Lipinski definition) is 3. The van der Waals surface area contributed by atoms with Crippen LogP contribution >= 0.6 is 0 Å². The van der Waals surface area contributed by atoms with E-state index in [0.29, 0.717) is 23.7 Å². The second kappa shape index (κ2) is 7.00. The molecule has 3 rings (SSSR count). The van der Waals surface area contributed by atoms with Gasteiger partial charge in [-0.2, -0.15) is 5.10 Å². The summed E-state index contributed by atoms with van der Waals surface area (Å²) < 4.78 is 7.25. The van der Waals surface area contributed by atoms with Crippen molar-refractivity contribution in [3.05, 3.63) is 71.9 Å². The molecule has 0 aliphatic heterocycles. The van der Waals surface area contributed by atoms with Crippen LogP contribution in [0.25, 0.3) is 5.69 Å². The Morgan fingerprint density at radius 3 is 2.58 bits per heavy atom. The average Bonchev–Trinajstić information content (AvgIpc) is 2.97. The number of benzene rings is 2. The molecule has 1 aromatic heterocycles. The molecule has 0 fully saturated rings. The lowest BCUT2D eigenvalue weighted by Crippen LogP contribution is -2.16. The van der Waals surface area contributed by atoms with E-state index in [2.05, 4.69) is 10.4 Å². The van der Waals surface area contributed by atoms with E-state index in [1.54, 1.807) is 16.8 Å². The Bertz CT molecular complexity index is 841. The van der Waals surface area contributed by atoms with Crippen molar-refractivity contribution in [2.24, 2.45) is 0 Å². The standard InChI is InChI=1S/C19H19N3O2/c1-3-24-17-12-8-7-11-16(17)19(23)20-18-13-14(2)21-22(18)15-9-5-4-6-10-15/h4-13H,3H2,1-2H3,(H,20,23). The van der Waals surface area contributed by atoms with Gasteiger partial charge in [-0.05, 0) is 38.1 Å². The third-order valence-corrected chi connectivity index (χ3v) is 3.51. The minimum atomic E-state index is -0.226. The van der Waals surface area contributed by atoms with Gasteiger partial charge in [-0.3, -0.25) is 4.79 Å². The number of nitrogens with zero attached hydrogens (tertiary/aromatic N) is 2. The minimum Gasteiger partial charge on any atom is -0.493 e. The number of nitrogens with one attached hydrogen (secondary N) is 1. The molecule has 0 aliphatic carbocycles. The number of carbonyl (C=O) groups is 1. The molecule has 0 bridgehead atoms. The van der Waals surface area contributed by atoms with E-state index in [0.717, 1.165) is 11.4 Å². The van der Waals surface area contributed by atoms with Crippen LogP contribution in [-0.2, 0) is 0 Å². The van der Waals surface area contributed by atoms with Crippen LogP contribution in [0.15, 0.2) is 60.7 Å². The molecular weight excluding hydrogens is 302 g/mol. The van der Waals surface area contributed by atoms with E-state index in [1.165, 1.54) is 0 Å². The molecule has 122 valence electrons. The zero-order chi connectivity index (χ0) is 16.9. The van der Waals surface area contributed by atoms with Gasteiger partial charge in [0.1, 0.15) is 11.6 Å². The zero-order valence-electron chi connectivity index (χ0n) is 13.7. The summed E-state index contributed by atoms with van der Waals surface area (Å²) in [6.07, 6.45) is 0. The fourth-order valence-corrected chi connectivity index (χ4v) is 2.47. The predicted molar refractivity (Wildman–Crippen MR) is 93.9 cm³/mol. The fraction of sp³-hybridized carbons (Fsp3) is 0.158. The molecule has 0 spiro atoms. The van der Waals surface area contributed by atoms with Gasteiger partial charge >= 0.3 is 0 Å². The van der Waals surface area contributed by atoms with Gasteiger partial charge in [0.15, 0.2) is 0 Å². The summed E-state index contributed by atoms with van der Waals surface area (Å²) in [6.45, 7) is 4.29. The summed E-state index contributed by atoms with van der Waals surface area (Å²) >= 11 is 0. The number of para-hydroxylation sites is 2. The molecule has 0 aliphatic rings. The molecule has 24 heavy (non-hydrogen) atoms. The lowest BCUT2D eigenvalue weighted by atomic mass is 10.2. The van der Waals surface area contributed by atoms with E-state index < -0.39 is 0 Å². The number of aryl methyl sites for hydroxylation is 1. The molecule has 2 aromatic carbocycles. The first kappa shape index (κ1) is 15.8. The number of rotatable bonds is 5. The molecule has 1 amide bonds. The Balaban J connectivity index is 1.91. The van der Waals surface area contributed by atoms with Crippen molar-refractivity contribution in [1.82, 2.24) is 9.78 Å². The molecule has 1 heterocycles. The maximum atomic E-state index is 12.7. The second-order valence-corrected chi connectivity index (χ2v) is 5.30. The molecule has 0 atom stereocenters. The SMILES string of the molecule is CCOc1ccccc1C(=O)Nc1cc(C)nn1-c1ccccc1. The fourth-order valence-electron chi connectivity index (χ4n) is 2.47. The Hall–Kier alpha value is -3.08. The molecule has 3 aromatic rings. The van der Waals surface area contributed by atoms with Crippen LogP contribution < -0.4 is 10.1 Å². The van der Waals surface area contributed by atoms with E-state index in [1.807, 2.05) is 62.4 Å². The van der Waals surface area contributed by atoms with Gasteiger partial charge in [-0.1, -0.05) is 30.3 Å². The number of ether oxygens (including phenoxy) is 1. The first-order valence-corrected chi connectivity index (χ1v) is 7.84. The smallest absolute Gasteiger partial charge is 0.260 e. The average molecular weight is 321 g/mol. The van der Waals surface area contributed by atoms with Gasteiger partial charge in [0.25, 0.3) is 5.91 Å². The van der Waals surface area contributed by atoms with Crippen molar-refractivity contribution in [2.75, 3.05) is 11.9 Å². The Morgan fingerprint density at radius 1 is 1.12 bits per heavy atom. The van der Waals surface area contributed by atoms with Crippen molar-refractivity contribution in [1.29, 1.82) is 0 Å². The number of carbonyl (C=O) groups excluding carboxylic acids is 1. The molecule has 1 N–H and O–H groups in total. The largest absolute Gasteiger partial charge is 0.493 e. The van der Waals surface area contributed by atoms with Gasteiger partial charge in [0.05, 0.1) is 23.6 Å². The monoisotopic (exact) mass is 321 g/mol. The zero-order valence-corrected chi connectivity index (χ0v) is 13.7. The van der Waals surface area contributed by atoms with Crippen LogP contribution in [0.4, 0.5) is 5.82 Å². The summed E-state index contributed by atoms with van der Waals surface area (Å²) in [4.78, 5) is 12.7. The number of amides is 1. The highest BCUT2D eigenvalue weighted by molar-refractivity contribution is 6.05. The Kier molecular flexibility index (Phi) is 4.61. The molecule has 0 saturated heterocycles. The number of anilines is 1. The molecular formula is C19H19N3O2. The van der Waals surface area contributed by atoms with Crippen LogP contribution in [0, 0.1) is 6.92 Å². The first-order valence-electron chi connectivity index (χ1n) is 7.84. The highest BCUT2D eigenvalue weighted by Gasteiger charge is 2.15. The summed E-state index contributed by atoms with van der Waals surface area (Å²) in [6, 6.07) is 18.7. The van der Waals surface area contributed by atoms with Gasteiger partial charge in [-0.15, -0.1) is 0 Å². The topological polar surface area (TPSA) is 56.1 Å². The number of aromatic nitrogens is 2. The van der Waals surface area contributed by atoms with Gasteiger partial charge < -0.3 is 10.1 Å². The Morgan fingerprint density at radius 2 is 1.83 bits per heavy atom. The highest BCUT2D eigenvalue weighted by Crippen LogP contribution is 2.22. The van der Waals surface area contributed by atoms with Crippen LogP contribution in [-0.4, -0.2) is 22.3 Å². The van der Waals surface area contributed by atoms with E-state index in [4.69, 9.17) is 4.74 Å². The van der Waals surface area contributed by atoms with Crippen LogP contribution in [0.5, 0.6) is 5.75 Å². The summed E-state index contributed by atoms with van der Waals surface area (Å²) in [7, 11) is 0. The van der Waals surface area contributed by atoms with Crippen molar-refractivity contribution in [3.8, 4) is 11.4 Å². The normalized spacial score (nSPS) is 10.4. The van der Waals surface area contributed by atoms with E-state index in [9.17, 15) is 4.79 Å². The van der Waals surface area contributed by atoms with Crippen LogP contribution in [0.2, 0.25) is 0 Å². The minimum absolute atomic E-state index is 0.226. The van der Waals surface area contributed by atoms with Crippen molar-refractivity contribution < 1.29 is 9.53 Å². The summed E-state index contributed by atoms with van der Waals surface area (Å²) in [5, 5.41) is 7.38. The first-order chi connectivity index (χ1) is 11.7. The molecule has 5 heteroatoms. The van der Waals surface area contributed by atoms with Gasteiger partial charge in [-0.25, -0.2) is 4.68 Å². The maximum Gasteiger partial charge on any atom is 0.260 e. The summed E-state index contributed by atoms with van der Waals surface area (Å²) in [5.41, 5.74) is 2.21. The van der Waals surface area contributed by atoms with Crippen molar-refractivity contribution >= 4 is 11.7 Å². The third kappa shape index (κ3) is 3.30. The Labute approximate surface area is 140 Å². The number of hydrogen-bond donors (Lipinski definition) is 1. The van der Waals surface area contributed by atoms with Crippen molar-refractivity contribution in [2.45, 2.75) is 13.8 Å². The van der Waals surface area contributed by atoms with E-state index >= 15 is 0 Å². The van der Waals surface area contributed by atoms with Crippen molar-refractivity contribution in [3.63, 3.8) is 0 Å². The predicted octanol–water partition coefficient (Wildman–Crippen LogP) is 3.83. The lowest BCUT2D eigenvalue weighted by molar-refractivity contribution is 0.102. The summed E-state index contributed by atoms with van der Waals surface area (Å²) in [5.74, 6) is 0.964. The molecule has 0 radical (unpaired) electrons. The van der Waals surface area contributed by atoms with Crippen LogP contribution in [0.3, 0.4) is 0 Å². The second-order valence-electron chi connectivity index (χ2n) is 5.30.